The van der Waals surface area contributed by atoms with Gasteiger partial charge in [0.1, 0.15) is 6.10 Å². The zero-order valence-corrected chi connectivity index (χ0v) is 9.36. The number of carbonyl (C=O) groups is 1. The van der Waals surface area contributed by atoms with Crippen LogP contribution in [-0.4, -0.2) is 16.0 Å². The van der Waals surface area contributed by atoms with Gasteiger partial charge in [-0.2, -0.15) is 0 Å². The van der Waals surface area contributed by atoms with Crippen LogP contribution in [0.1, 0.15) is 19.3 Å². The maximum Gasteiger partial charge on any atom is 0.309 e. The van der Waals surface area contributed by atoms with Crippen LogP contribution in [0.2, 0.25) is 0 Å². The number of hydrogen-bond acceptors (Lipinski definition) is 2. The van der Waals surface area contributed by atoms with Crippen LogP contribution in [0, 0.1) is 23.2 Å². The standard InChI is InChI=1S/C10H11IO2/c11-7-5-3-4-6(10(5)1-2-10)8(7)13-9(4)12/h4-8H,1-3H2. The van der Waals surface area contributed by atoms with Gasteiger partial charge in [0.2, 0.25) is 0 Å². The lowest BCUT2D eigenvalue weighted by Crippen LogP contribution is -2.26. The van der Waals surface area contributed by atoms with Gasteiger partial charge in [-0.3, -0.25) is 4.79 Å². The highest BCUT2D eigenvalue weighted by molar-refractivity contribution is 14.1. The van der Waals surface area contributed by atoms with Crippen molar-refractivity contribution in [1.29, 1.82) is 0 Å². The lowest BCUT2D eigenvalue weighted by molar-refractivity contribution is -0.143. The average molecular weight is 290 g/mol. The van der Waals surface area contributed by atoms with Crippen LogP contribution in [0.5, 0.6) is 0 Å². The zero-order valence-electron chi connectivity index (χ0n) is 7.20. The van der Waals surface area contributed by atoms with Crippen LogP contribution >= 0.6 is 22.6 Å². The first-order valence-corrected chi connectivity index (χ1v) is 6.33. The van der Waals surface area contributed by atoms with E-state index in [1.165, 1.54) is 12.8 Å². The van der Waals surface area contributed by atoms with Crippen LogP contribution in [0.3, 0.4) is 0 Å². The Labute approximate surface area is 90.5 Å². The van der Waals surface area contributed by atoms with Crippen molar-refractivity contribution in [2.45, 2.75) is 29.3 Å². The van der Waals surface area contributed by atoms with Gasteiger partial charge in [-0.1, -0.05) is 22.6 Å². The van der Waals surface area contributed by atoms with E-state index in [2.05, 4.69) is 22.6 Å². The van der Waals surface area contributed by atoms with E-state index >= 15 is 0 Å². The fourth-order valence-electron chi connectivity index (χ4n) is 4.18. The van der Waals surface area contributed by atoms with E-state index in [0.29, 0.717) is 27.3 Å². The first-order valence-electron chi connectivity index (χ1n) is 5.09. The highest BCUT2D eigenvalue weighted by Gasteiger charge is 2.76. The summed E-state index contributed by atoms with van der Waals surface area (Å²) in [5.41, 5.74) is 0.577. The summed E-state index contributed by atoms with van der Waals surface area (Å²) in [6, 6.07) is 0. The number of alkyl halides is 1. The van der Waals surface area contributed by atoms with Crippen molar-refractivity contribution in [3.05, 3.63) is 0 Å². The number of halogens is 1. The Morgan fingerprint density at radius 3 is 2.85 bits per heavy atom. The highest BCUT2D eigenvalue weighted by Crippen LogP contribution is 2.76. The van der Waals surface area contributed by atoms with Crippen LogP contribution in [-0.2, 0) is 9.53 Å². The fourth-order valence-corrected chi connectivity index (χ4v) is 5.79. The summed E-state index contributed by atoms with van der Waals surface area (Å²) in [7, 11) is 0. The molecule has 1 saturated heterocycles. The molecule has 0 aromatic carbocycles. The predicted octanol–water partition coefficient (Wildman–Crippen LogP) is 1.76. The molecule has 1 heterocycles. The van der Waals surface area contributed by atoms with E-state index in [1.54, 1.807) is 0 Å². The molecular weight excluding hydrogens is 279 g/mol. The maximum atomic E-state index is 11.5. The first kappa shape index (κ1) is 7.49. The Balaban J connectivity index is 1.89. The molecule has 1 aliphatic heterocycles. The first-order chi connectivity index (χ1) is 6.24. The molecule has 3 aliphatic carbocycles. The van der Waals surface area contributed by atoms with Gasteiger partial charge in [0, 0.05) is 5.92 Å². The molecule has 2 bridgehead atoms. The molecule has 3 saturated carbocycles. The smallest absolute Gasteiger partial charge is 0.309 e. The topological polar surface area (TPSA) is 26.3 Å². The third kappa shape index (κ3) is 0.621. The zero-order chi connectivity index (χ0) is 8.79. The Morgan fingerprint density at radius 2 is 2.23 bits per heavy atom. The monoisotopic (exact) mass is 290 g/mol. The minimum Gasteiger partial charge on any atom is -0.461 e. The minimum atomic E-state index is 0.114. The summed E-state index contributed by atoms with van der Waals surface area (Å²) < 4.78 is 6.10. The van der Waals surface area contributed by atoms with Gasteiger partial charge in [-0.25, -0.2) is 0 Å². The molecule has 0 aromatic rings. The third-order valence-corrected chi connectivity index (χ3v) is 6.36. The molecule has 0 radical (unpaired) electrons. The third-order valence-electron chi connectivity index (χ3n) is 4.78. The molecule has 0 amide bonds. The molecule has 0 N–H and O–H groups in total. The van der Waals surface area contributed by atoms with Gasteiger partial charge in [0.15, 0.2) is 0 Å². The quantitative estimate of drug-likeness (QED) is 0.386. The molecule has 5 unspecified atom stereocenters. The summed E-state index contributed by atoms with van der Waals surface area (Å²) in [6.45, 7) is 0. The largest absolute Gasteiger partial charge is 0.461 e. The number of rotatable bonds is 0. The van der Waals surface area contributed by atoms with Crippen molar-refractivity contribution in [2.24, 2.45) is 23.2 Å². The molecule has 3 heteroatoms. The number of esters is 1. The molecule has 0 aromatic heterocycles. The Hall–Kier alpha value is 0.200. The minimum absolute atomic E-state index is 0.114. The second-order valence-electron chi connectivity index (χ2n) is 5.05. The summed E-state index contributed by atoms with van der Waals surface area (Å²) >= 11 is 2.51. The number of ether oxygens (including phenoxy) is 1. The second kappa shape index (κ2) is 1.92. The van der Waals surface area contributed by atoms with Gasteiger partial charge < -0.3 is 4.74 Å². The van der Waals surface area contributed by atoms with E-state index < -0.39 is 0 Å². The Bertz CT molecular complexity index is 310. The van der Waals surface area contributed by atoms with Crippen LogP contribution in [0.4, 0.5) is 0 Å². The second-order valence-corrected chi connectivity index (χ2v) is 6.49. The number of carbonyl (C=O) groups excluding carboxylic acids is 1. The molecule has 70 valence electrons. The maximum absolute atomic E-state index is 11.5. The summed E-state index contributed by atoms with van der Waals surface area (Å²) in [5.74, 6) is 1.83. The van der Waals surface area contributed by atoms with Gasteiger partial charge >= 0.3 is 5.97 Å². The van der Waals surface area contributed by atoms with Crippen molar-refractivity contribution in [3.8, 4) is 0 Å². The van der Waals surface area contributed by atoms with Gasteiger partial charge in [-0.05, 0) is 30.6 Å². The van der Waals surface area contributed by atoms with E-state index in [4.69, 9.17) is 4.74 Å². The molecular formula is C10H11IO2. The van der Waals surface area contributed by atoms with Crippen molar-refractivity contribution in [1.82, 2.24) is 0 Å². The lowest BCUT2D eigenvalue weighted by atomic mass is 9.88. The van der Waals surface area contributed by atoms with Crippen molar-refractivity contribution in [2.75, 3.05) is 0 Å². The molecule has 13 heavy (non-hydrogen) atoms. The Morgan fingerprint density at radius 1 is 1.46 bits per heavy atom. The average Bonchev–Trinajstić information content (AvgIpc) is 2.68. The van der Waals surface area contributed by atoms with Crippen molar-refractivity contribution < 1.29 is 9.53 Å². The van der Waals surface area contributed by atoms with Crippen molar-refractivity contribution in [3.63, 3.8) is 0 Å². The van der Waals surface area contributed by atoms with Crippen LogP contribution in [0.15, 0.2) is 0 Å². The summed E-state index contributed by atoms with van der Waals surface area (Å²) in [6.07, 6.45) is 4.16. The molecule has 4 aliphatic rings. The number of hydrogen-bond donors (Lipinski definition) is 0. The SMILES string of the molecule is O=C1OC2C(I)C3CC1C2C31CC1. The van der Waals surface area contributed by atoms with Gasteiger partial charge in [0.05, 0.1) is 9.84 Å². The summed E-state index contributed by atoms with van der Waals surface area (Å²) in [4.78, 5) is 11.5. The van der Waals surface area contributed by atoms with E-state index in [-0.39, 0.29) is 5.97 Å². The molecule has 1 spiro atoms. The Kier molecular flexibility index (Phi) is 1.11. The molecule has 5 atom stereocenters. The van der Waals surface area contributed by atoms with Crippen molar-refractivity contribution >= 4 is 28.6 Å². The van der Waals surface area contributed by atoms with E-state index in [9.17, 15) is 4.79 Å². The van der Waals surface area contributed by atoms with E-state index in [1.807, 2.05) is 0 Å². The summed E-state index contributed by atoms with van der Waals surface area (Å²) in [5, 5.41) is 0. The van der Waals surface area contributed by atoms with Crippen LogP contribution in [0.25, 0.3) is 0 Å². The van der Waals surface area contributed by atoms with Gasteiger partial charge in [0.25, 0.3) is 0 Å². The molecule has 2 nitrogen and oxygen atoms in total. The normalized spacial score (nSPS) is 58.8. The van der Waals surface area contributed by atoms with E-state index in [0.717, 1.165) is 12.3 Å². The lowest BCUT2D eigenvalue weighted by Gasteiger charge is -2.18. The molecule has 4 fully saturated rings. The highest BCUT2D eigenvalue weighted by atomic mass is 127. The fraction of sp³-hybridized carbons (Fsp3) is 0.900. The molecule has 4 rings (SSSR count). The predicted molar refractivity (Wildman–Crippen MR) is 54.4 cm³/mol. The van der Waals surface area contributed by atoms with Crippen LogP contribution < -0.4 is 0 Å². The van der Waals surface area contributed by atoms with Gasteiger partial charge in [-0.15, -0.1) is 0 Å².